The molecule has 86 valence electrons. The molecule has 1 rings (SSSR count). The highest BCUT2D eigenvalue weighted by molar-refractivity contribution is 7.10. The van der Waals surface area contributed by atoms with Gasteiger partial charge in [-0.3, -0.25) is 5.32 Å². The molecule has 0 aliphatic rings. The molecule has 0 aromatic carbocycles. The van der Waals surface area contributed by atoms with Crippen molar-refractivity contribution in [2.75, 3.05) is 0 Å². The van der Waals surface area contributed by atoms with E-state index in [1.807, 2.05) is 0 Å². The number of carbonyl (C=O) groups is 1. The molecular weight excluding hydrogens is 222 g/mol. The van der Waals surface area contributed by atoms with Gasteiger partial charge in [-0.1, -0.05) is 19.3 Å². The van der Waals surface area contributed by atoms with Gasteiger partial charge in [0.1, 0.15) is 0 Å². The van der Waals surface area contributed by atoms with Gasteiger partial charge in [-0.05, 0) is 12.5 Å². The van der Waals surface area contributed by atoms with Gasteiger partial charge in [0.05, 0.1) is 11.6 Å². The van der Waals surface area contributed by atoms with Crippen molar-refractivity contribution in [2.45, 2.75) is 32.4 Å². The Labute approximate surface area is 99.5 Å². The highest BCUT2D eigenvalue weighted by Gasteiger charge is 2.08. The van der Waals surface area contributed by atoms with E-state index in [2.05, 4.69) is 18.2 Å². The van der Waals surface area contributed by atoms with Gasteiger partial charge >= 0.3 is 5.97 Å². The number of nitrogens with one attached hydrogen (secondary N) is 1. The van der Waals surface area contributed by atoms with Crippen LogP contribution >= 0.6 is 11.3 Å². The molecule has 0 amide bonds. The molecule has 0 radical (unpaired) electrons. The molecule has 1 unspecified atom stereocenters. The summed E-state index contributed by atoms with van der Waals surface area (Å²) in [5.74, 6) is 1.80. The third kappa shape index (κ3) is 3.69. The Bertz CT molecular complexity index is 392. The average Bonchev–Trinajstić information content (AvgIpc) is 2.73. The zero-order valence-corrected chi connectivity index (χ0v) is 10.0. The van der Waals surface area contributed by atoms with Gasteiger partial charge in [-0.25, -0.2) is 4.79 Å². The maximum absolute atomic E-state index is 10.7. The second-order valence-electron chi connectivity index (χ2n) is 3.50. The lowest BCUT2D eigenvalue weighted by molar-refractivity contribution is 0.0697. The van der Waals surface area contributed by atoms with Crippen LogP contribution in [0.5, 0.6) is 0 Å². The Morgan fingerprint density at radius 1 is 1.75 bits per heavy atom. The van der Waals surface area contributed by atoms with Crippen LogP contribution in [-0.2, 0) is 6.54 Å². The van der Waals surface area contributed by atoms with Crippen LogP contribution in [0.25, 0.3) is 0 Å². The Kier molecular flexibility index (Phi) is 5.03. The molecular formula is C12H15NO2S. The van der Waals surface area contributed by atoms with E-state index in [4.69, 9.17) is 11.5 Å². The molecule has 1 aromatic heterocycles. The summed E-state index contributed by atoms with van der Waals surface area (Å²) in [6.45, 7) is 2.71. The highest BCUT2D eigenvalue weighted by Crippen LogP contribution is 2.14. The zero-order valence-electron chi connectivity index (χ0n) is 9.19. The van der Waals surface area contributed by atoms with E-state index >= 15 is 0 Å². The number of thiophene rings is 1. The lowest BCUT2D eigenvalue weighted by Gasteiger charge is -2.10. The van der Waals surface area contributed by atoms with Gasteiger partial charge in [-0.15, -0.1) is 17.8 Å². The first-order valence-electron chi connectivity index (χ1n) is 5.17. The second-order valence-corrected chi connectivity index (χ2v) is 4.49. The fourth-order valence-electron chi connectivity index (χ4n) is 1.34. The van der Waals surface area contributed by atoms with Crippen LogP contribution in [0.3, 0.4) is 0 Å². The van der Waals surface area contributed by atoms with Gasteiger partial charge in [-0.2, -0.15) is 0 Å². The fraction of sp³-hybridized carbons (Fsp3) is 0.417. The number of hydrogen-bond donors (Lipinski definition) is 2. The first-order valence-corrected chi connectivity index (χ1v) is 6.05. The van der Waals surface area contributed by atoms with Gasteiger partial charge in [0.2, 0.25) is 0 Å². The predicted molar refractivity (Wildman–Crippen MR) is 65.6 cm³/mol. The molecule has 0 aliphatic heterocycles. The number of carboxylic acids is 1. The number of terminal acetylenes is 1. The number of rotatable bonds is 6. The van der Waals surface area contributed by atoms with Crippen molar-refractivity contribution in [2.24, 2.45) is 0 Å². The molecule has 0 aliphatic carbocycles. The van der Waals surface area contributed by atoms with Crippen molar-refractivity contribution in [3.63, 3.8) is 0 Å². The summed E-state index contributed by atoms with van der Waals surface area (Å²) < 4.78 is 0. The van der Waals surface area contributed by atoms with Crippen molar-refractivity contribution in [1.29, 1.82) is 0 Å². The molecule has 16 heavy (non-hydrogen) atoms. The van der Waals surface area contributed by atoms with E-state index in [0.717, 1.165) is 17.7 Å². The zero-order chi connectivity index (χ0) is 12.0. The van der Waals surface area contributed by atoms with E-state index in [0.29, 0.717) is 12.1 Å². The Balaban J connectivity index is 2.48. The first-order chi connectivity index (χ1) is 7.67. The van der Waals surface area contributed by atoms with Crippen molar-refractivity contribution in [3.05, 3.63) is 21.9 Å². The lowest BCUT2D eigenvalue weighted by atomic mass is 10.2. The molecule has 3 nitrogen and oxygen atoms in total. The van der Waals surface area contributed by atoms with Crippen molar-refractivity contribution < 1.29 is 9.90 Å². The molecule has 0 spiro atoms. The topological polar surface area (TPSA) is 49.3 Å². The first kappa shape index (κ1) is 12.8. The molecule has 0 saturated carbocycles. The van der Waals surface area contributed by atoms with Crippen molar-refractivity contribution >= 4 is 17.3 Å². The third-order valence-corrected chi connectivity index (χ3v) is 3.14. The molecule has 1 aromatic rings. The molecule has 0 fully saturated rings. The Hall–Kier alpha value is -1.31. The quantitative estimate of drug-likeness (QED) is 0.747. The largest absolute Gasteiger partial charge is 0.478 e. The SMILES string of the molecule is C#CC(CCC)NCc1cc(C(=O)O)cs1. The minimum absolute atomic E-state index is 0.0698. The van der Waals surface area contributed by atoms with E-state index in [9.17, 15) is 4.79 Å². The standard InChI is InChI=1S/C12H15NO2S/c1-3-5-10(4-2)13-7-11-6-9(8-16-11)12(14)15/h2,6,8,10,13H,3,5,7H2,1H3,(H,14,15). The molecule has 1 atom stereocenters. The van der Waals surface area contributed by atoms with Gasteiger partial charge in [0.15, 0.2) is 0 Å². The number of carboxylic acid groups (broad SMARTS) is 1. The number of aromatic carboxylic acids is 1. The summed E-state index contributed by atoms with van der Waals surface area (Å²) >= 11 is 1.44. The summed E-state index contributed by atoms with van der Waals surface area (Å²) in [6.07, 6.45) is 7.35. The Morgan fingerprint density at radius 2 is 2.50 bits per heavy atom. The predicted octanol–water partition coefficient (Wildman–Crippen LogP) is 2.34. The minimum atomic E-state index is -0.885. The average molecular weight is 237 g/mol. The summed E-state index contributed by atoms with van der Waals surface area (Å²) in [6, 6.07) is 1.75. The highest BCUT2D eigenvalue weighted by atomic mass is 32.1. The normalized spacial score (nSPS) is 12.0. The van der Waals surface area contributed by atoms with Crippen LogP contribution in [-0.4, -0.2) is 17.1 Å². The Morgan fingerprint density at radius 3 is 3.00 bits per heavy atom. The third-order valence-electron chi connectivity index (χ3n) is 2.20. The smallest absolute Gasteiger partial charge is 0.336 e. The summed E-state index contributed by atoms with van der Waals surface area (Å²) in [7, 11) is 0. The van der Waals surface area contributed by atoms with E-state index in [-0.39, 0.29) is 6.04 Å². The fourth-order valence-corrected chi connectivity index (χ4v) is 2.15. The van der Waals surface area contributed by atoms with Crippen LogP contribution in [0.1, 0.15) is 35.0 Å². The van der Waals surface area contributed by atoms with Gasteiger partial charge < -0.3 is 5.11 Å². The molecule has 2 N–H and O–H groups in total. The molecule has 4 heteroatoms. The second kappa shape index (κ2) is 6.31. The van der Waals surface area contributed by atoms with Crippen LogP contribution < -0.4 is 5.32 Å². The van der Waals surface area contributed by atoms with Crippen molar-refractivity contribution in [1.82, 2.24) is 5.32 Å². The van der Waals surface area contributed by atoms with Crippen molar-refractivity contribution in [3.8, 4) is 12.3 Å². The number of hydrogen-bond acceptors (Lipinski definition) is 3. The van der Waals surface area contributed by atoms with Crippen LogP contribution in [0.4, 0.5) is 0 Å². The van der Waals surface area contributed by atoms with E-state index in [1.54, 1.807) is 11.4 Å². The summed E-state index contributed by atoms with van der Waals surface area (Å²) in [5, 5.41) is 13.6. The molecule has 0 saturated heterocycles. The minimum Gasteiger partial charge on any atom is -0.478 e. The van der Waals surface area contributed by atoms with E-state index in [1.165, 1.54) is 11.3 Å². The monoisotopic (exact) mass is 237 g/mol. The van der Waals surface area contributed by atoms with E-state index < -0.39 is 5.97 Å². The van der Waals surface area contributed by atoms with Crippen LogP contribution in [0.2, 0.25) is 0 Å². The van der Waals surface area contributed by atoms with Gasteiger partial charge in [0.25, 0.3) is 0 Å². The van der Waals surface area contributed by atoms with Crippen LogP contribution in [0, 0.1) is 12.3 Å². The van der Waals surface area contributed by atoms with Crippen LogP contribution in [0.15, 0.2) is 11.4 Å². The summed E-state index contributed by atoms with van der Waals surface area (Å²) in [4.78, 5) is 11.7. The maximum Gasteiger partial charge on any atom is 0.336 e. The van der Waals surface area contributed by atoms with Gasteiger partial charge in [0, 0.05) is 16.8 Å². The maximum atomic E-state index is 10.7. The summed E-state index contributed by atoms with van der Waals surface area (Å²) in [5.41, 5.74) is 0.342. The molecule has 0 bridgehead atoms. The molecule has 1 heterocycles. The lowest BCUT2D eigenvalue weighted by Crippen LogP contribution is -2.26.